The van der Waals surface area contributed by atoms with Crippen molar-refractivity contribution in [2.45, 2.75) is 66.1 Å². The van der Waals surface area contributed by atoms with Crippen molar-refractivity contribution in [1.82, 2.24) is 14.1 Å². The van der Waals surface area contributed by atoms with Crippen LogP contribution in [0.4, 0.5) is 0 Å². The molecule has 1 aliphatic rings. The van der Waals surface area contributed by atoms with Crippen LogP contribution in [0.2, 0.25) is 0 Å². The molecule has 11 aromatic carbocycles. The summed E-state index contributed by atoms with van der Waals surface area (Å²) in [5.41, 5.74) is 0.680. The second-order valence-electron chi connectivity index (χ2n) is 23.6. The van der Waals surface area contributed by atoms with E-state index in [0.717, 1.165) is 22.7 Å². The second-order valence-corrected chi connectivity index (χ2v) is 27.1. The summed E-state index contributed by atoms with van der Waals surface area (Å²) in [4.78, 5) is 4.52. The number of rotatable bonds is 9. The quantitative estimate of drug-likeness (QED) is 0.0625. The predicted octanol–water partition coefficient (Wildman–Crippen LogP) is 17.4. The van der Waals surface area contributed by atoms with E-state index in [4.69, 9.17) is 17.1 Å². The van der Waals surface area contributed by atoms with E-state index in [0.29, 0.717) is 33.1 Å². The van der Waals surface area contributed by atoms with Crippen molar-refractivity contribution in [2.75, 3.05) is 0 Å². The summed E-state index contributed by atoms with van der Waals surface area (Å²) in [6, 6.07) is 16.2. The number of nitrogens with zero attached hydrogens (tertiary/aromatic N) is 4. The van der Waals surface area contributed by atoms with Crippen molar-refractivity contribution in [1.29, 1.82) is 0 Å². The molecular weight excluding hydrogens is 1280 g/mol. The standard InChI is InChI=1S/C82H67N4OSi.Pt/c1-54-45-78(83-52-55(54)2)86-75-39-21-20-35-70(75)71-43-41-61(50-77(71)86)87-60-26-22-25-59(49-60)84-53-85-79-66(56-46-57(81(3,4)5)48-58(47-56)82(6,7)8)36-23-37-73(79)74-51-65(42-44-69(74)67-33-18-19-34-68(67)72-38-24-40-76(84)80(72)85)88(62-27-12-9-13-28-62,63-29-14-10-15-30-63)64-31-16-11-17-32-64;/h9-48,51-53H,1-8H3;/q-1;/i1D3,2D3,9D,10D,11D,12D,13D,14D,15D,16D,17D,18D,19D,27D,28D,29D,30D,31D,32D,33D,34D,42D,44D,51D;. The van der Waals surface area contributed by atoms with Crippen molar-refractivity contribution in [2.24, 2.45) is 0 Å². The van der Waals surface area contributed by atoms with E-state index >= 15 is 0 Å². The van der Waals surface area contributed by atoms with Gasteiger partial charge in [0.25, 0.3) is 6.33 Å². The zero-order valence-corrected chi connectivity index (χ0v) is 51.9. The van der Waals surface area contributed by atoms with Gasteiger partial charge >= 0.3 is 0 Å². The van der Waals surface area contributed by atoms with E-state index in [1.807, 2.05) is 65.8 Å². The van der Waals surface area contributed by atoms with Crippen LogP contribution in [0.25, 0.3) is 94.5 Å². The van der Waals surface area contributed by atoms with Crippen LogP contribution in [0.5, 0.6) is 11.5 Å². The fraction of sp³-hybridized carbons (Fsp3) is 0.122. The summed E-state index contributed by atoms with van der Waals surface area (Å²) in [5, 5.41) is -2.74. The first-order valence-electron chi connectivity index (χ1n) is 42.3. The Labute approximate surface area is 576 Å². The van der Waals surface area contributed by atoms with Crippen LogP contribution in [-0.4, -0.2) is 22.2 Å². The van der Waals surface area contributed by atoms with Gasteiger partial charge in [-0.2, -0.15) is 16.7 Å². The number of hydrogen-bond acceptors (Lipinski definition) is 2. The number of hydrogen-bond donors (Lipinski definition) is 0. The minimum absolute atomic E-state index is 0. The molecule has 5 nitrogen and oxygen atoms in total. The van der Waals surface area contributed by atoms with E-state index < -0.39 is 214 Å². The summed E-state index contributed by atoms with van der Waals surface area (Å²) < 4.78 is 277. The predicted molar refractivity (Wildman–Crippen MR) is 367 cm³/mol. The summed E-state index contributed by atoms with van der Waals surface area (Å²) in [6.07, 6.45) is 2.70. The van der Waals surface area contributed by atoms with Crippen LogP contribution >= 0.6 is 0 Å². The van der Waals surface area contributed by atoms with Gasteiger partial charge in [0.05, 0.1) is 30.2 Å². The van der Waals surface area contributed by atoms with Gasteiger partial charge in [-0.05, 0) is 125 Å². The van der Waals surface area contributed by atoms with Gasteiger partial charge in [0.15, 0.2) is 19.1 Å². The summed E-state index contributed by atoms with van der Waals surface area (Å²) >= 11 is 0. The zero-order chi connectivity index (χ0) is 84.2. The third kappa shape index (κ3) is 9.72. The van der Waals surface area contributed by atoms with Gasteiger partial charge in [0, 0.05) is 74.9 Å². The molecule has 7 heteroatoms. The third-order valence-electron chi connectivity index (χ3n) is 16.2. The van der Waals surface area contributed by atoms with Gasteiger partial charge in [-0.15, -0.1) is 29.7 Å². The minimum Gasteiger partial charge on any atom is -0.509 e. The molecule has 0 saturated heterocycles. The van der Waals surface area contributed by atoms with Gasteiger partial charge in [-0.3, -0.25) is 0 Å². The van der Waals surface area contributed by atoms with E-state index in [9.17, 15) is 26.0 Å². The number of ether oxygens (including phenoxy) is 1. The first-order valence-corrected chi connectivity index (χ1v) is 30.3. The summed E-state index contributed by atoms with van der Waals surface area (Å²) in [5.74, 6) is 0.312. The van der Waals surface area contributed by atoms with Crippen LogP contribution < -0.4 is 30.1 Å². The van der Waals surface area contributed by atoms with Crippen LogP contribution in [0.1, 0.15) is 102 Å². The SMILES string of the molecule is [2H]c1c([2H])c([2H])c([Si](c2c([2H])c([2H])c([2H])c([2H])c2[2H])(c2c([2H])c([2H])c([2H])c([2H])c2[2H])c2c([2H])c([2H])c3c(c2[2H])-c2cccc(-c4cc(C(C)(C)C)cc(C(C)(C)C)c4)c2-[n+]2cn(-c4[c-]c(Oc5[c-]c6c(cc5)c5ccccc5n6-c5cc(C([2H])([2H])[2H])c(C([2H])([2H])[2H])cn5)ccc4)c4cccc(c42)-c2c([2H])c([2H])c([2H])c([2H])c2-3)c([2H])c1[2H].[Pt]. The van der Waals surface area contributed by atoms with Gasteiger partial charge in [0.1, 0.15) is 11.5 Å². The van der Waals surface area contributed by atoms with Gasteiger partial charge in [0.2, 0.25) is 0 Å². The average Bonchev–Trinajstić information content (AvgIpc) is 1.25. The number of fused-ring (bicyclic) bond motifs is 10. The van der Waals surface area contributed by atoms with Crippen molar-refractivity contribution >= 4 is 61.7 Å². The molecule has 436 valence electrons. The largest absolute Gasteiger partial charge is 0.509 e. The smallest absolute Gasteiger partial charge is 0.253 e. The summed E-state index contributed by atoms with van der Waals surface area (Å²) in [7, 11) is -6.49. The minimum atomic E-state index is -6.49. The number of aryl methyl sites for hydroxylation is 2. The molecule has 0 atom stereocenters. The van der Waals surface area contributed by atoms with Crippen molar-refractivity contribution in [3.8, 4) is 73.2 Å². The molecule has 0 fully saturated rings. The maximum Gasteiger partial charge on any atom is 0.253 e. The van der Waals surface area contributed by atoms with E-state index in [1.54, 1.807) is 92.8 Å². The Bertz CT molecular complexity index is 6390. The zero-order valence-electron chi connectivity index (χ0n) is 76.6. The monoisotopic (exact) mass is 1370 g/mol. The molecule has 14 aromatic rings. The van der Waals surface area contributed by atoms with Crippen LogP contribution in [0.3, 0.4) is 0 Å². The molecule has 0 aliphatic carbocycles. The van der Waals surface area contributed by atoms with Crippen LogP contribution in [-0.2, 0) is 31.9 Å². The normalized spacial score (nSPS) is 16.9. The number of pyridine rings is 1. The fourth-order valence-electron chi connectivity index (χ4n) is 11.9. The maximum atomic E-state index is 11.5. The Hall–Kier alpha value is -9.45. The summed E-state index contributed by atoms with van der Waals surface area (Å²) in [6.45, 7) is 6.51. The van der Waals surface area contributed by atoms with E-state index in [2.05, 4.69) is 23.2 Å². The molecule has 0 bridgehead atoms. The Morgan fingerprint density at radius 2 is 1.09 bits per heavy atom. The van der Waals surface area contributed by atoms with E-state index in [1.165, 1.54) is 12.1 Å². The second kappa shape index (κ2) is 22.3. The van der Waals surface area contributed by atoms with Gasteiger partial charge in [-0.25, -0.2) is 9.55 Å². The molecule has 0 spiro atoms. The molecule has 0 N–H and O–H groups in total. The Morgan fingerprint density at radius 1 is 0.506 bits per heavy atom. The van der Waals surface area contributed by atoms with E-state index in [-0.39, 0.29) is 72.0 Å². The molecule has 3 aromatic heterocycles. The number of imidazole rings is 1. The number of aromatic nitrogens is 4. The first kappa shape index (κ1) is 33.8. The molecule has 1 aliphatic heterocycles. The molecular formula is C82H67N4OPtSi-. The van der Waals surface area contributed by atoms with Crippen molar-refractivity contribution in [3.05, 3.63) is 295 Å². The molecule has 0 unspecified atom stereocenters. The Morgan fingerprint density at radius 3 is 1.76 bits per heavy atom. The first-order chi connectivity index (χ1) is 54.3. The average molecular weight is 1380 g/mol. The maximum absolute atomic E-state index is 11.5. The Balaban J connectivity index is 0.0000113. The molecule has 0 amide bonds. The molecule has 15 rings (SSSR count). The molecule has 4 heterocycles. The van der Waals surface area contributed by atoms with Crippen LogP contribution in [0, 0.1) is 25.8 Å². The van der Waals surface area contributed by atoms with Crippen molar-refractivity contribution in [3.63, 3.8) is 0 Å². The van der Waals surface area contributed by atoms with Gasteiger partial charge in [-0.1, -0.05) is 247 Å². The number of benzene rings is 11. The van der Waals surface area contributed by atoms with Crippen LogP contribution in [0.15, 0.2) is 261 Å². The number of para-hydroxylation sites is 3. The van der Waals surface area contributed by atoms with Crippen molar-refractivity contribution < 1.29 is 68.8 Å². The molecule has 89 heavy (non-hydrogen) atoms. The van der Waals surface area contributed by atoms with Gasteiger partial charge < -0.3 is 9.30 Å². The third-order valence-corrected chi connectivity index (χ3v) is 20.2. The fourth-order valence-corrected chi connectivity index (χ4v) is 15.5. The topological polar surface area (TPSA) is 35.9 Å². The molecule has 0 radical (unpaired) electrons. The molecule has 0 saturated carbocycles. The Kier molecular flexibility index (Phi) is 8.46.